The zero-order valence-corrected chi connectivity index (χ0v) is 9.76. The van der Waals surface area contributed by atoms with Gasteiger partial charge in [0.2, 0.25) is 0 Å². The van der Waals surface area contributed by atoms with E-state index in [-0.39, 0.29) is 6.04 Å². The van der Waals surface area contributed by atoms with Crippen molar-refractivity contribution < 1.29 is 9.15 Å². The van der Waals surface area contributed by atoms with E-state index >= 15 is 0 Å². The van der Waals surface area contributed by atoms with Crippen LogP contribution >= 0.6 is 0 Å². The Kier molecular flexibility index (Phi) is 3.98. The number of rotatable bonds is 7. The molecule has 0 aliphatic heterocycles. The summed E-state index contributed by atoms with van der Waals surface area (Å²) in [5.41, 5.74) is 5.86. The number of nitrogens with zero attached hydrogens (tertiary/aromatic N) is 1. The lowest BCUT2D eigenvalue weighted by Gasteiger charge is -2.29. The summed E-state index contributed by atoms with van der Waals surface area (Å²) in [4.78, 5) is 2.41. The molecule has 1 aromatic rings. The van der Waals surface area contributed by atoms with E-state index < -0.39 is 0 Å². The van der Waals surface area contributed by atoms with Crippen LogP contribution in [0, 0.1) is 0 Å². The van der Waals surface area contributed by atoms with Crippen molar-refractivity contribution in [2.24, 2.45) is 5.73 Å². The number of hydrogen-bond acceptors (Lipinski definition) is 4. The first-order valence-corrected chi connectivity index (χ1v) is 5.85. The Balaban J connectivity index is 2.03. The molecule has 0 spiro atoms. The molecule has 0 radical (unpaired) electrons. The van der Waals surface area contributed by atoms with Crippen LogP contribution in [0.1, 0.15) is 24.6 Å². The number of ether oxygens (including phenoxy) is 1. The molecule has 0 amide bonds. The maximum Gasteiger partial charge on any atom is 0.122 e. The highest BCUT2D eigenvalue weighted by atomic mass is 16.5. The van der Waals surface area contributed by atoms with Crippen LogP contribution < -0.4 is 5.73 Å². The minimum Gasteiger partial charge on any atom is -0.468 e. The van der Waals surface area contributed by atoms with Crippen molar-refractivity contribution in [2.45, 2.75) is 24.9 Å². The Bertz CT molecular complexity index is 296. The molecule has 4 nitrogen and oxygen atoms in total. The zero-order chi connectivity index (χ0) is 11.4. The Hall–Kier alpha value is -0.840. The molecule has 1 saturated carbocycles. The van der Waals surface area contributed by atoms with Gasteiger partial charge in [-0.2, -0.15) is 0 Å². The molecule has 2 rings (SSSR count). The van der Waals surface area contributed by atoms with Gasteiger partial charge in [0, 0.05) is 26.2 Å². The monoisotopic (exact) mass is 224 g/mol. The summed E-state index contributed by atoms with van der Waals surface area (Å²) in [6.07, 6.45) is 4.24. The Morgan fingerprint density at radius 1 is 1.62 bits per heavy atom. The van der Waals surface area contributed by atoms with E-state index in [1.807, 2.05) is 12.1 Å². The molecule has 2 N–H and O–H groups in total. The van der Waals surface area contributed by atoms with E-state index in [0.717, 1.165) is 18.9 Å². The molecule has 1 aromatic heterocycles. The highest BCUT2D eigenvalue weighted by Gasteiger charge is 2.34. The van der Waals surface area contributed by atoms with Gasteiger partial charge in [-0.05, 0) is 25.0 Å². The molecule has 16 heavy (non-hydrogen) atoms. The van der Waals surface area contributed by atoms with Crippen molar-refractivity contribution >= 4 is 0 Å². The van der Waals surface area contributed by atoms with Crippen molar-refractivity contribution in [3.8, 4) is 0 Å². The molecule has 4 heteroatoms. The molecule has 0 saturated heterocycles. The van der Waals surface area contributed by atoms with Gasteiger partial charge in [-0.15, -0.1) is 0 Å². The highest BCUT2D eigenvalue weighted by Crippen LogP contribution is 2.33. The molecule has 1 atom stereocenters. The van der Waals surface area contributed by atoms with Crippen molar-refractivity contribution in [3.05, 3.63) is 24.2 Å². The van der Waals surface area contributed by atoms with Crippen LogP contribution in [0.3, 0.4) is 0 Å². The maximum absolute atomic E-state index is 5.86. The first kappa shape index (κ1) is 11.6. The third-order valence-electron chi connectivity index (χ3n) is 3.06. The van der Waals surface area contributed by atoms with Crippen molar-refractivity contribution in [3.63, 3.8) is 0 Å². The topological polar surface area (TPSA) is 51.6 Å². The second-order valence-electron chi connectivity index (χ2n) is 4.23. The molecule has 1 aliphatic carbocycles. The molecule has 1 heterocycles. The molecule has 90 valence electrons. The summed E-state index contributed by atoms with van der Waals surface area (Å²) in [6, 6.07) is 4.77. The van der Waals surface area contributed by atoms with Crippen molar-refractivity contribution in [2.75, 3.05) is 26.8 Å². The maximum atomic E-state index is 5.86. The second-order valence-corrected chi connectivity index (χ2v) is 4.23. The average molecular weight is 224 g/mol. The largest absolute Gasteiger partial charge is 0.468 e. The number of nitrogens with two attached hydrogens (primary N) is 1. The van der Waals surface area contributed by atoms with E-state index in [2.05, 4.69) is 4.90 Å². The third kappa shape index (κ3) is 2.64. The van der Waals surface area contributed by atoms with Gasteiger partial charge in [-0.25, -0.2) is 0 Å². The van der Waals surface area contributed by atoms with Gasteiger partial charge in [0.15, 0.2) is 0 Å². The molecule has 0 bridgehead atoms. The van der Waals surface area contributed by atoms with Crippen LogP contribution in [0.15, 0.2) is 22.8 Å². The molecular formula is C12H20N2O2. The van der Waals surface area contributed by atoms with Crippen LogP contribution in [-0.2, 0) is 4.74 Å². The number of methoxy groups -OCH3 is 1. The van der Waals surface area contributed by atoms with Crippen LogP contribution in [0.25, 0.3) is 0 Å². The lowest BCUT2D eigenvalue weighted by atomic mass is 10.2. The Labute approximate surface area is 96.4 Å². The first-order chi connectivity index (χ1) is 7.86. The lowest BCUT2D eigenvalue weighted by Crippen LogP contribution is -2.37. The SMILES string of the molecule is COCCN(C1CC1)C(CN)c1ccco1. The molecule has 1 aliphatic rings. The molecule has 1 unspecified atom stereocenters. The van der Waals surface area contributed by atoms with Crippen LogP contribution in [0.2, 0.25) is 0 Å². The van der Waals surface area contributed by atoms with Crippen LogP contribution in [0.5, 0.6) is 0 Å². The van der Waals surface area contributed by atoms with Gasteiger partial charge < -0.3 is 14.9 Å². The van der Waals surface area contributed by atoms with E-state index in [9.17, 15) is 0 Å². The number of hydrogen-bond donors (Lipinski definition) is 1. The normalized spacial score (nSPS) is 17.9. The van der Waals surface area contributed by atoms with Crippen molar-refractivity contribution in [1.82, 2.24) is 4.90 Å². The lowest BCUT2D eigenvalue weighted by molar-refractivity contribution is 0.107. The summed E-state index contributed by atoms with van der Waals surface area (Å²) in [5, 5.41) is 0. The summed E-state index contributed by atoms with van der Waals surface area (Å²) in [7, 11) is 1.73. The Morgan fingerprint density at radius 2 is 2.44 bits per heavy atom. The average Bonchev–Trinajstić information content (AvgIpc) is 3.00. The van der Waals surface area contributed by atoms with Gasteiger partial charge in [-0.1, -0.05) is 0 Å². The van der Waals surface area contributed by atoms with Gasteiger partial charge in [0.1, 0.15) is 5.76 Å². The highest BCUT2D eigenvalue weighted by molar-refractivity contribution is 5.07. The zero-order valence-electron chi connectivity index (χ0n) is 9.76. The minimum atomic E-state index is 0.192. The van der Waals surface area contributed by atoms with Crippen LogP contribution in [0.4, 0.5) is 0 Å². The van der Waals surface area contributed by atoms with Gasteiger partial charge in [-0.3, -0.25) is 4.90 Å². The minimum absolute atomic E-state index is 0.192. The summed E-state index contributed by atoms with van der Waals surface area (Å²) in [6.45, 7) is 2.26. The second kappa shape index (κ2) is 5.48. The fourth-order valence-corrected chi connectivity index (χ4v) is 2.09. The Morgan fingerprint density at radius 3 is 2.94 bits per heavy atom. The fourth-order valence-electron chi connectivity index (χ4n) is 2.09. The van der Waals surface area contributed by atoms with Gasteiger partial charge >= 0.3 is 0 Å². The van der Waals surface area contributed by atoms with Gasteiger partial charge in [0.25, 0.3) is 0 Å². The van der Waals surface area contributed by atoms with Gasteiger partial charge in [0.05, 0.1) is 18.9 Å². The van der Waals surface area contributed by atoms with E-state index in [1.54, 1.807) is 13.4 Å². The quantitative estimate of drug-likeness (QED) is 0.760. The van der Waals surface area contributed by atoms with Crippen molar-refractivity contribution in [1.29, 1.82) is 0 Å². The standard InChI is InChI=1S/C12H20N2O2/c1-15-8-6-14(10-4-5-10)11(9-13)12-3-2-7-16-12/h2-3,7,10-11H,4-6,8-9,13H2,1H3. The molecule has 1 fully saturated rings. The van der Waals surface area contributed by atoms with E-state index in [1.165, 1.54) is 12.8 Å². The third-order valence-corrected chi connectivity index (χ3v) is 3.06. The summed E-state index contributed by atoms with van der Waals surface area (Å²) >= 11 is 0. The molecular weight excluding hydrogens is 204 g/mol. The van der Waals surface area contributed by atoms with Crippen LogP contribution in [-0.4, -0.2) is 37.7 Å². The molecule has 0 aromatic carbocycles. The number of furan rings is 1. The first-order valence-electron chi connectivity index (χ1n) is 5.85. The smallest absolute Gasteiger partial charge is 0.122 e. The fraction of sp³-hybridized carbons (Fsp3) is 0.667. The van der Waals surface area contributed by atoms with E-state index in [0.29, 0.717) is 12.6 Å². The predicted molar refractivity (Wildman–Crippen MR) is 62.1 cm³/mol. The predicted octanol–water partition coefficient (Wildman–Crippen LogP) is 1.39. The summed E-state index contributed by atoms with van der Waals surface area (Å²) < 4.78 is 10.6. The van der Waals surface area contributed by atoms with E-state index in [4.69, 9.17) is 14.9 Å². The summed E-state index contributed by atoms with van der Waals surface area (Å²) in [5.74, 6) is 0.963.